The number of anilines is 3. The van der Waals surface area contributed by atoms with E-state index >= 15 is 0 Å². The van der Waals surface area contributed by atoms with Crippen molar-refractivity contribution >= 4 is 53.4 Å². The van der Waals surface area contributed by atoms with Crippen molar-refractivity contribution in [3.05, 3.63) is 60.3 Å². The second-order valence-electron chi connectivity index (χ2n) is 6.73. The highest BCUT2D eigenvalue weighted by Gasteiger charge is 2.15. The van der Waals surface area contributed by atoms with Gasteiger partial charge < -0.3 is 20.1 Å². The fourth-order valence-electron chi connectivity index (χ4n) is 3.09. The van der Waals surface area contributed by atoms with Crippen LogP contribution in [0.3, 0.4) is 0 Å². The molecule has 0 saturated heterocycles. The topological polar surface area (TPSA) is 89.0 Å². The van der Waals surface area contributed by atoms with E-state index in [1.807, 2.05) is 42.6 Å². The van der Waals surface area contributed by atoms with Gasteiger partial charge in [-0.05, 0) is 37.0 Å². The highest BCUT2D eigenvalue weighted by atomic mass is 35.5. The summed E-state index contributed by atoms with van der Waals surface area (Å²) in [6, 6.07) is 16.2. The first-order chi connectivity index (χ1) is 14.3. The zero-order valence-corrected chi connectivity index (χ0v) is 20.0. The number of halogens is 2. The number of pyridine rings is 1. The molecule has 31 heavy (non-hydrogen) atoms. The van der Waals surface area contributed by atoms with Crippen LogP contribution in [-0.4, -0.2) is 44.5 Å². The van der Waals surface area contributed by atoms with Gasteiger partial charge in [0, 0.05) is 41.1 Å². The molecule has 0 aliphatic rings. The van der Waals surface area contributed by atoms with Gasteiger partial charge in [0.2, 0.25) is 11.6 Å². The lowest BCUT2D eigenvalue weighted by molar-refractivity contribution is 0.585. The predicted molar refractivity (Wildman–Crippen MR) is 134 cm³/mol. The third kappa shape index (κ3) is 8.86. The Kier molecular flexibility index (Phi) is 12.8. The third-order valence-electron chi connectivity index (χ3n) is 4.48. The predicted octanol–water partition coefficient (Wildman–Crippen LogP) is 4.82. The molecular weight excluding hydrogens is 455 g/mol. The first-order valence-corrected chi connectivity index (χ1v) is 11.1. The van der Waals surface area contributed by atoms with E-state index in [1.165, 1.54) is 5.56 Å². The minimum atomic E-state index is -1.55. The zero-order chi connectivity index (χ0) is 20.3. The summed E-state index contributed by atoms with van der Waals surface area (Å²) in [5, 5.41) is 6.53. The van der Waals surface area contributed by atoms with Gasteiger partial charge in [0.15, 0.2) is 11.1 Å². The summed E-state index contributed by atoms with van der Waals surface area (Å²) in [5.41, 5.74) is 1.25. The molecule has 1 atom stereocenters. The summed E-state index contributed by atoms with van der Waals surface area (Å²) in [6.07, 6.45) is 4.68. The van der Waals surface area contributed by atoms with Crippen molar-refractivity contribution in [2.75, 3.05) is 41.7 Å². The van der Waals surface area contributed by atoms with Gasteiger partial charge in [0.25, 0.3) is 0 Å². The maximum Gasteiger partial charge on any atom is 0.232 e. The van der Waals surface area contributed by atoms with Crippen molar-refractivity contribution in [1.82, 2.24) is 13.7 Å². The van der Waals surface area contributed by atoms with Crippen LogP contribution in [0.1, 0.15) is 25.3 Å². The van der Waals surface area contributed by atoms with Crippen LogP contribution in [0, 0.1) is 0 Å². The Morgan fingerprint density at radius 1 is 0.903 bits per heavy atom. The van der Waals surface area contributed by atoms with Crippen LogP contribution in [0.25, 0.3) is 0 Å². The van der Waals surface area contributed by atoms with Crippen LogP contribution >= 0.6 is 36.0 Å². The summed E-state index contributed by atoms with van der Waals surface area (Å²) in [6.45, 7) is 5.46. The molecule has 0 spiro atoms. The molecule has 0 radical (unpaired) electrons. The molecular formula is C21H30Cl2N6OS. The van der Waals surface area contributed by atoms with E-state index in [-0.39, 0.29) is 24.8 Å². The number of nitrogens with one attached hydrogen (secondary N) is 2. The molecule has 0 saturated carbocycles. The number of hydrogen-bond donors (Lipinski definition) is 2. The highest BCUT2D eigenvalue weighted by Crippen LogP contribution is 2.22. The van der Waals surface area contributed by atoms with E-state index in [4.69, 9.17) is 0 Å². The molecule has 1 aromatic carbocycles. The molecule has 10 heteroatoms. The first-order valence-electron chi connectivity index (χ1n) is 10.0. The lowest BCUT2D eigenvalue weighted by atomic mass is 10.1. The van der Waals surface area contributed by atoms with Gasteiger partial charge in [0.1, 0.15) is 5.82 Å². The molecule has 0 bridgehead atoms. The van der Waals surface area contributed by atoms with Gasteiger partial charge in [-0.15, -0.1) is 24.8 Å². The lowest BCUT2D eigenvalue weighted by Gasteiger charge is -2.23. The van der Waals surface area contributed by atoms with Crippen LogP contribution in [0.15, 0.2) is 54.7 Å². The smallest absolute Gasteiger partial charge is 0.232 e. The van der Waals surface area contributed by atoms with Crippen LogP contribution < -0.4 is 15.5 Å². The van der Waals surface area contributed by atoms with Crippen molar-refractivity contribution in [1.29, 1.82) is 0 Å². The number of hydrogen-bond acceptors (Lipinski definition) is 7. The Bertz CT molecular complexity index is 854. The van der Waals surface area contributed by atoms with Gasteiger partial charge in [-0.3, -0.25) is 0 Å². The number of nitrogens with zero attached hydrogens (tertiary/aromatic N) is 4. The maximum atomic E-state index is 11.7. The summed E-state index contributed by atoms with van der Waals surface area (Å²) >= 11 is -1.55. The van der Waals surface area contributed by atoms with E-state index in [0.29, 0.717) is 18.2 Å². The molecule has 170 valence electrons. The SMILES string of the molecule is CCCN(CCCNc1n[s+]([O-])nc1NCCc1ccccc1)c1ccccn1.Cl.Cl. The van der Waals surface area contributed by atoms with Crippen molar-refractivity contribution in [3.8, 4) is 0 Å². The quantitative estimate of drug-likeness (QED) is 0.281. The number of rotatable bonds is 12. The van der Waals surface area contributed by atoms with E-state index in [9.17, 15) is 4.55 Å². The Hall–Kier alpha value is -2.13. The van der Waals surface area contributed by atoms with E-state index in [0.717, 1.165) is 44.7 Å². The summed E-state index contributed by atoms with van der Waals surface area (Å²) in [4.78, 5) is 6.73. The molecule has 2 heterocycles. The molecule has 0 aliphatic heterocycles. The molecule has 0 aliphatic carbocycles. The van der Waals surface area contributed by atoms with Crippen molar-refractivity contribution in [2.45, 2.75) is 26.2 Å². The Morgan fingerprint density at radius 2 is 1.58 bits per heavy atom. The van der Waals surface area contributed by atoms with Gasteiger partial charge in [-0.1, -0.05) is 43.3 Å². The fraction of sp³-hybridized carbons (Fsp3) is 0.381. The van der Waals surface area contributed by atoms with Crippen LogP contribution in [0.2, 0.25) is 0 Å². The largest absolute Gasteiger partial charge is 0.546 e. The average Bonchev–Trinajstić information content (AvgIpc) is 3.11. The summed E-state index contributed by atoms with van der Waals surface area (Å²) in [7, 11) is 0. The molecule has 0 fully saturated rings. The monoisotopic (exact) mass is 484 g/mol. The number of aromatic nitrogens is 3. The molecule has 3 rings (SSSR count). The second kappa shape index (κ2) is 14.8. The summed E-state index contributed by atoms with van der Waals surface area (Å²) < 4.78 is 19.9. The van der Waals surface area contributed by atoms with Gasteiger partial charge in [0.05, 0.1) is 0 Å². The fourth-order valence-corrected chi connectivity index (χ4v) is 3.75. The molecule has 0 amide bonds. The van der Waals surface area contributed by atoms with Crippen molar-refractivity contribution in [3.63, 3.8) is 0 Å². The van der Waals surface area contributed by atoms with Crippen LogP contribution in [0.5, 0.6) is 0 Å². The molecule has 2 N–H and O–H groups in total. The first kappa shape index (κ1) is 26.9. The Morgan fingerprint density at radius 3 is 2.23 bits per heavy atom. The molecule has 3 aromatic rings. The highest BCUT2D eigenvalue weighted by molar-refractivity contribution is 7.14. The molecule has 1 unspecified atom stereocenters. The van der Waals surface area contributed by atoms with Crippen LogP contribution in [0.4, 0.5) is 17.5 Å². The summed E-state index contributed by atoms with van der Waals surface area (Å²) in [5.74, 6) is 2.16. The second-order valence-corrected chi connectivity index (χ2v) is 7.55. The standard InChI is InChI=1S/C21H28N6OS.2ClH/c1-2-16-27(19-11-6-7-13-22-19)17-8-14-23-20-21(26-29(28)25-20)24-15-12-18-9-4-3-5-10-18;;/h3-7,9-11,13H,2,8,12,14-17H2,1H3,(H,23,25)(H,24,26);2*1H. The molecule has 7 nitrogen and oxygen atoms in total. The maximum absolute atomic E-state index is 11.7. The minimum absolute atomic E-state index is 0. The molecule has 2 aromatic heterocycles. The van der Waals surface area contributed by atoms with Crippen molar-refractivity contribution in [2.24, 2.45) is 0 Å². The Balaban J connectivity index is 0.00000240. The van der Waals surface area contributed by atoms with Gasteiger partial charge in [-0.2, -0.15) is 0 Å². The minimum Gasteiger partial charge on any atom is -0.546 e. The normalized spacial score (nSPS) is 10.6. The van der Waals surface area contributed by atoms with Crippen LogP contribution in [-0.2, 0) is 6.42 Å². The zero-order valence-electron chi connectivity index (χ0n) is 17.6. The Labute approximate surface area is 199 Å². The van der Waals surface area contributed by atoms with Gasteiger partial charge >= 0.3 is 0 Å². The third-order valence-corrected chi connectivity index (χ3v) is 5.15. The van der Waals surface area contributed by atoms with Gasteiger partial charge in [-0.25, -0.2) is 4.98 Å². The van der Waals surface area contributed by atoms with E-state index in [1.54, 1.807) is 0 Å². The van der Waals surface area contributed by atoms with E-state index < -0.39 is 11.1 Å². The average molecular weight is 485 g/mol. The lowest BCUT2D eigenvalue weighted by Crippen LogP contribution is -2.27. The number of benzene rings is 1. The van der Waals surface area contributed by atoms with E-state index in [2.05, 4.69) is 48.3 Å². The van der Waals surface area contributed by atoms with Crippen molar-refractivity contribution < 1.29 is 4.55 Å².